The number of hydrogen-bond acceptors (Lipinski definition) is 3. The van der Waals surface area contributed by atoms with Crippen molar-refractivity contribution in [3.8, 4) is 0 Å². The molecule has 0 radical (unpaired) electrons. The maximum absolute atomic E-state index is 5.84. The van der Waals surface area contributed by atoms with Crippen molar-refractivity contribution in [2.75, 3.05) is 13.2 Å². The lowest BCUT2D eigenvalue weighted by Crippen LogP contribution is -2.33. The van der Waals surface area contributed by atoms with Gasteiger partial charge in [-0.15, -0.1) is 0 Å². The Kier molecular flexibility index (Phi) is 5.24. The van der Waals surface area contributed by atoms with E-state index in [0.717, 1.165) is 5.56 Å². The van der Waals surface area contributed by atoms with Crippen LogP contribution in [0.5, 0.6) is 0 Å². The van der Waals surface area contributed by atoms with Crippen molar-refractivity contribution in [3.05, 3.63) is 69.3 Å². The first-order valence-electron chi connectivity index (χ1n) is 6.95. The van der Waals surface area contributed by atoms with Crippen molar-refractivity contribution in [2.24, 2.45) is 0 Å². The average Bonchev–Trinajstić information content (AvgIpc) is 2.56. The summed E-state index contributed by atoms with van der Waals surface area (Å²) in [7, 11) is 0. The lowest BCUT2D eigenvalue weighted by Gasteiger charge is -2.29. The van der Waals surface area contributed by atoms with Crippen LogP contribution in [0.3, 0.4) is 0 Å². The van der Waals surface area contributed by atoms with Crippen LogP contribution in [-0.2, 0) is 20.8 Å². The summed E-state index contributed by atoms with van der Waals surface area (Å²) in [5, 5.41) is 0. The van der Waals surface area contributed by atoms with Gasteiger partial charge in [0.25, 0.3) is 0 Å². The molecule has 0 amide bonds. The van der Waals surface area contributed by atoms with Gasteiger partial charge in [-0.2, -0.15) is 0 Å². The van der Waals surface area contributed by atoms with Crippen LogP contribution in [0.25, 0.3) is 0 Å². The van der Waals surface area contributed by atoms with Crippen LogP contribution in [0.15, 0.2) is 54.6 Å². The smallest absolute Gasteiger partial charge is 0.184 e. The Morgan fingerprint density at radius 3 is 2.29 bits per heavy atom. The molecule has 1 fully saturated rings. The second-order valence-corrected chi connectivity index (χ2v) is 6.21. The van der Waals surface area contributed by atoms with E-state index >= 15 is 0 Å². The zero-order chi connectivity index (χ0) is 14.5. The summed E-state index contributed by atoms with van der Waals surface area (Å²) in [4.78, 5) is 0. The number of halogens is 1. The summed E-state index contributed by atoms with van der Waals surface area (Å²) in [5.41, 5.74) is 2.22. The molecule has 0 spiro atoms. The highest BCUT2D eigenvalue weighted by Crippen LogP contribution is 2.23. The van der Waals surface area contributed by atoms with Gasteiger partial charge in [-0.3, -0.25) is 0 Å². The molecule has 3 rings (SSSR count). The van der Waals surface area contributed by atoms with Crippen LogP contribution < -0.4 is 0 Å². The van der Waals surface area contributed by atoms with Gasteiger partial charge in [-0.1, -0.05) is 42.5 Å². The molecule has 3 nitrogen and oxygen atoms in total. The highest BCUT2D eigenvalue weighted by atomic mass is 127. The second kappa shape index (κ2) is 7.35. The fraction of sp³-hybridized carbons (Fsp3) is 0.294. The highest BCUT2D eigenvalue weighted by Gasteiger charge is 2.23. The average molecular weight is 396 g/mol. The molecular formula is C17H17IO3. The monoisotopic (exact) mass is 396 g/mol. The Morgan fingerprint density at radius 1 is 0.952 bits per heavy atom. The largest absolute Gasteiger partial charge is 0.369 e. The van der Waals surface area contributed by atoms with Crippen LogP contribution >= 0.6 is 22.6 Å². The number of hydrogen-bond donors (Lipinski definition) is 0. The van der Waals surface area contributed by atoms with Gasteiger partial charge < -0.3 is 14.2 Å². The van der Waals surface area contributed by atoms with Gasteiger partial charge in [-0.25, -0.2) is 0 Å². The van der Waals surface area contributed by atoms with Crippen LogP contribution in [0, 0.1) is 3.57 Å². The molecule has 110 valence electrons. The van der Waals surface area contributed by atoms with Crippen LogP contribution in [0.2, 0.25) is 0 Å². The summed E-state index contributed by atoms with van der Waals surface area (Å²) in [6.45, 7) is 1.71. The lowest BCUT2D eigenvalue weighted by molar-refractivity contribution is -0.232. The third kappa shape index (κ3) is 4.26. The molecule has 0 aliphatic carbocycles. The minimum absolute atomic E-state index is 0.00996. The molecule has 0 bridgehead atoms. The molecule has 1 heterocycles. The maximum Gasteiger partial charge on any atom is 0.184 e. The molecule has 0 aromatic heterocycles. The van der Waals surface area contributed by atoms with Crippen molar-refractivity contribution in [3.63, 3.8) is 0 Å². The van der Waals surface area contributed by atoms with Crippen molar-refractivity contribution in [1.82, 2.24) is 0 Å². The summed E-state index contributed by atoms with van der Waals surface area (Å²) >= 11 is 2.30. The van der Waals surface area contributed by atoms with E-state index in [1.165, 1.54) is 9.13 Å². The molecule has 0 atom stereocenters. The molecule has 1 aliphatic rings. The third-order valence-electron chi connectivity index (χ3n) is 3.34. The van der Waals surface area contributed by atoms with Gasteiger partial charge in [0.15, 0.2) is 6.29 Å². The molecular weight excluding hydrogens is 379 g/mol. The molecule has 1 aliphatic heterocycles. The number of ether oxygens (including phenoxy) is 3. The highest BCUT2D eigenvalue weighted by molar-refractivity contribution is 14.1. The predicted molar refractivity (Wildman–Crippen MR) is 88.8 cm³/mol. The molecule has 4 heteroatoms. The SMILES string of the molecule is Ic1ccc(COC2COC(c3ccccc3)OC2)cc1. The first kappa shape index (κ1) is 15.0. The van der Waals surface area contributed by atoms with Crippen molar-refractivity contribution < 1.29 is 14.2 Å². The molecule has 0 unspecified atom stereocenters. The zero-order valence-corrected chi connectivity index (χ0v) is 13.7. The van der Waals surface area contributed by atoms with E-state index in [1.54, 1.807) is 0 Å². The molecule has 0 saturated carbocycles. The molecule has 2 aromatic rings. The van der Waals surface area contributed by atoms with Gasteiger partial charge in [0.2, 0.25) is 0 Å². The first-order valence-corrected chi connectivity index (χ1v) is 8.03. The first-order chi connectivity index (χ1) is 10.3. The second-order valence-electron chi connectivity index (χ2n) is 4.97. The quantitative estimate of drug-likeness (QED) is 0.734. The van der Waals surface area contributed by atoms with Gasteiger partial charge in [0.1, 0.15) is 6.10 Å². The van der Waals surface area contributed by atoms with Crippen molar-refractivity contribution in [2.45, 2.75) is 19.0 Å². The Bertz CT molecular complexity index is 548. The molecule has 2 aromatic carbocycles. The van der Waals surface area contributed by atoms with E-state index in [2.05, 4.69) is 46.9 Å². The van der Waals surface area contributed by atoms with Crippen LogP contribution in [0.1, 0.15) is 17.4 Å². The summed E-state index contributed by atoms with van der Waals surface area (Å²) in [6, 6.07) is 18.3. The summed E-state index contributed by atoms with van der Waals surface area (Å²) < 4.78 is 18.5. The topological polar surface area (TPSA) is 27.7 Å². The Labute approximate surface area is 138 Å². The predicted octanol–water partition coefficient (Wildman–Crippen LogP) is 3.92. The van der Waals surface area contributed by atoms with Gasteiger partial charge in [0, 0.05) is 9.13 Å². The summed E-state index contributed by atoms with van der Waals surface area (Å²) in [5.74, 6) is 0. The maximum atomic E-state index is 5.84. The Balaban J connectivity index is 1.47. The Morgan fingerprint density at radius 2 is 1.62 bits per heavy atom. The van der Waals surface area contributed by atoms with Gasteiger partial charge in [0.05, 0.1) is 19.8 Å². The standard InChI is InChI=1S/C17H17IO3/c18-15-8-6-13(7-9-15)10-19-16-11-20-17(21-12-16)14-4-2-1-3-5-14/h1-9,16-17H,10-12H2. The van der Waals surface area contributed by atoms with E-state index in [-0.39, 0.29) is 12.4 Å². The van der Waals surface area contributed by atoms with E-state index in [4.69, 9.17) is 14.2 Å². The van der Waals surface area contributed by atoms with Gasteiger partial charge >= 0.3 is 0 Å². The van der Waals surface area contributed by atoms with Crippen LogP contribution in [-0.4, -0.2) is 19.3 Å². The fourth-order valence-electron chi connectivity index (χ4n) is 2.18. The van der Waals surface area contributed by atoms with Crippen molar-refractivity contribution in [1.29, 1.82) is 0 Å². The molecule has 1 saturated heterocycles. The van der Waals surface area contributed by atoms with E-state index in [1.807, 2.05) is 30.3 Å². The van der Waals surface area contributed by atoms with Crippen molar-refractivity contribution >= 4 is 22.6 Å². The zero-order valence-electron chi connectivity index (χ0n) is 11.6. The molecule has 0 N–H and O–H groups in total. The van der Waals surface area contributed by atoms with E-state index < -0.39 is 0 Å². The lowest BCUT2D eigenvalue weighted by atomic mass is 10.2. The summed E-state index contributed by atoms with van der Waals surface area (Å²) in [6.07, 6.45) is -0.284. The Hall–Kier alpha value is -0.950. The fourth-order valence-corrected chi connectivity index (χ4v) is 2.54. The van der Waals surface area contributed by atoms with E-state index in [9.17, 15) is 0 Å². The van der Waals surface area contributed by atoms with E-state index in [0.29, 0.717) is 19.8 Å². The molecule has 21 heavy (non-hydrogen) atoms. The number of benzene rings is 2. The van der Waals surface area contributed by atoms with Gasteiger partial charge in [-0.05, 0) is 40.3 Å². The minimum Gasteiger partial charge on any atom is -0.369 e. The minimum atomic E-state index is -0.274. The normalized spacial score (nSPS) is 22.1. The van der Waals surface area contributed by atoms with Crippen LogP contribution in [0.4, 0.5) is 0 Å². The number of rotatable bonds is 4. The third-order valence-corrected chi connectivity index (χ3v) is 4.06.